The molecule has 5 nitrogen and oxygen atoms in total. The summed E-state index contributed by atoms with van der Waals surface area (Å²) >= 11 is 0. The lowest BCUT2D eigenvalue weighted by molar-refractivity contribution is -0.131. The second-order valence-corrected chi connectivity index (χ2v) is 5.76. The van der Waals surface area contributed by atoms with Gasteiger partial charge in [0.05, 0.1) is 12.1 Å². The Morgan fingerprint density at radius 1 is 1.35 bits per heavy atom. The van der Waals surface area contributed by atoms with E-state index in [1.807, 2.05) is 53.2 Å². The normalized spacial score (nSPS) is 17.6. The number of carbonyl (C=O) groups is 1. The number of nitrogens with one attached hydrogen (secondary N) is 1. The molecule has 1 aliphatic heterocycles. The summed E-state index contributed by atoms with van der Waals surface area (Å²) in [6.07, 6.45) is 6.36. The summed E-state index contributed by atoms with van der Waals surface area (Å²) in [6.45, 7) is 1.70. The van der Waals surface area contributed by atoms with Gasteiger partial charge in [0.1, 0.15) is 0 Å². The number of piperidine rings is 1. The SMILES string of the molecule is CNC1CCCN(C(=O)Cc2ccc(-n3cccn3)cc2)C1.Cl. The smallest absolute Gasteiger partial charge is 0.227 e. The minimum absolute atomic E-state index is 0. The minimum Gasteiger partial charge on any atom is -0.341 e. The fourth-order valence-corrected chi connectivity index (χ4v) is 2.91. The predicted molar refractivity (Wildman–Crippen MR) is 93.2 cm³/mol. The first-order chi connectivity index (χ1) is 10.8. The van der Waals surface area contributed by atoms with Crippen molar-refractivity contribution in [2.45, 2.75) is 25.3 Å². The van der Waals surface area contributed by atoms with Crippen molar-refractivity contribution in [3.05, 3.63) is 48.3 Å². The van der Waals surface area contributed by atoms with E-state index in [1.54, 1.807) is 6.20 Å². The first kappa shape index (κ1) is 17.5. The second-order valence-electron chi connectivity index (χ2n) is 5.76. The highest BCUT2D eigenvalue weighted by molar-refractivity contribution is 5.85. The van der Waals surface area contributed by atoms with E-state index in [0.29, 0.717) is 12.5 Å². The van der Waals surface area contributed by atoms with Crippen LogP contribution in [-0.4, -0.2) is 46.8 Å². The van der Waals surface area contributed by atoms with Gasteiger partial charge in [-0.15, -0.1) is 12.4 Å². The maximum Gasteiger partial charge on any atom is 0.227 e. The van der Waals surface area contributed by atoms with Crippen molar-refractivity contribution in [1.29, 1.82) is 0 Å². The molecule has 1 atom stereocenters. The average molecular weight is 335 g/mol. The van der Waals surface area contributed by atoms with Crippen molar-refractivity contribution in [2.75, 3.05) is 20.1 Å². The van der Waals surface area contributed by atoms with Gasteiger partial charge >= 0.3 is 0 Å². The molecule has 1 aromatic carbocycles. The lowest BCUT2D eigenvalue weighted by Gasteiger charge is -2.32. The topological polar surface area (TPSA) is 50.2 Å². The molecule has 6 heteroatoms. The van der Waals surface area contributed by atoms with Crippen LogP contribution in [0, 0.1) is 0 Å². The Kier molecular flexibility index (Phi) is 6.19. The first-order valence-electron chi connectivity index (χ1n) is 7.80. The molecule has 0 bridgehead atoms. The number of benzene rings is 1. The van der Waals surface area contributed by atoms with Gasteiger partial charge in [-0.2, -0.15) is 5.10 Å². The van der Waals surface area contributed by atoms with E-state index in [9.17, 15) is 4.79 Å². The van der Waals surface area contributed by atoms with E-state index < -0.39 is 0 Å². The van der Waals surface area contributed by atoms with Gasteiger partial charge in [0.15, 0.2) is 0 Å². The van der Waals surface area contributed by atoms with E-state index in [1.165, 1.54) is 0 Å². The quantitative estimate of drug-likeness (QED) is 0.931. The Morgan fingerprint density at radius 2 is 2.13 bits per heavy atom. The molecule has 1 aromatic heterocycles. The van der Waals surface area contributed by atoms with Crippen molar-refractivity contribution in [2.24, 2.45) is 0 Å². The highest BCUT2D eigenvalue weighted by Crippen LogP contribution is 2.13. The molecule has 124 valence electrons. The molecular formula is C17H23ClN4O. The number of halogens is 1. The van der Waals surface area contributed by atoms with Crippen molar-refractivity contribution in [1.82, 2.24) is 20.0 Å². The maximum atomic E-state index is 12.4. The van der Waals surface area contributed by atoms with E-state index in [2.05, 4.69) is 10.4 Å². The van der Waals surface area contributed by atoms with Gasteiger partial charge in [0.2, 0.25) is 5.91 Å². The summed E-state index contributed by atoms with van der Waals surface area (Å²) in [5, 5.41) is 7.47. The molecule has 1 amide bonds. The third kappa shape index (κ3) is 4.33. The maximum absolute atomic E-state index is 12.4. The summed E-state index contributed by atoms with van der Waals surface area (Å²) in [6, 6.07) is 10.3. The molecule has 3 rings (SSSR count). The second kappa shape index (κ2) is 8.13. The highest BCUT2D eigenvalue weighted by Gasteiger charge is 2.22. The van der Waals surface area contributed by atoms with E-state index in [0.717, 1.165) is 37.2 Å². The van der Waals surface area contributed by atoms with Crippen LogP contribution in [0.4, 0.5) is 0 Å². The number of hydrogen-bond acceptors (Lipinski definition) is 3. The summed E-state index contributed by atoms with van der Waals surface area (Å²) in [7, 11) is 1.96. The summed E-state index contributed by atoms with van der Waals surface area (Å²) in [5.74, 6) is 0.215. The number of amides is 1. The van der Waals surface area contributed by atoms with Crippen LogP contribution in [0.3, 0.4) is 0 Å². The Morgan fingerprint density at radius 3 is 2.78 bits per heavy atom. The summed E-state index contributed by atoms with van der Waals surface area (Å²) in [5.41, 5.74) is 2.06. The average Bonchev–Trinajstić information content (AvgIpc) is 3.10. The van der Waals surface area contributed by atoms with Gasteiger partial charge in [-0.3, -0.25) is 4.79 Å². The van der Waals surface area contributed by atoms with Gasteiger partial charge in [0.25, 0.3) is 0 Å². The van der Waals surface area contributed by atoms with Crippen molar-refractivity contribution in [3.8, 4) is 5.69 Å². The van der Waals surface area contributed by atoms with Gasteiger partial charge in [-0.05, 0) is 43.7 Å². The molecule has 1 N–H and O–H groups in total. The van der Waals surface area contributed by atoms with Gasteiger partial charge < -0.3 is 10.2 Å². The number of aromatic nitrogens is 2. The largest absolute Gasteiger partial charge is 0.341 e. The summed E-state index contributed by atoms with van der Waals surface area (Å²) < 4.78 is 1.81. The Hall–Kier alpha value is -1.85. The lowest BCUT2D eigenvalue weighted by atomic mass is 10.0. The molecule has 0 saturated carbocycles. The van der Waals surface area contributed by atoms with Crippen LogP contribution >= 0.6 is 12.4 Å². The molecule has 1 saturated heterocycles. The molecule has 2 aromatic rings. The molecule has 1 fully saturated rings. The van der Waals surface area contributed by atoms with Gasteiger partial charge in [-0.25, -0.2) is 4.68 Å². The van der Waals surface area contributed by atoms with Gasteiger partial charge in [0, 0.05) is 31.5 Å². The number of likely N-dealkylation sites (N-methyl/N-ethyl adjacent to an activating group) is 1. The lowest BCUT2D eigenvalue weighted by Crippen LogP contribution is -2.47. The van der Waals surface area contributed by atoms with Crippen molar-refractivity contribution < 1.29 is 4.79 Å². The molecule has 2 heterocycles. The molecule has 0 spiro atoms. The number of likely N-dealkylation sites (tertiary alicyclic amines) is 1. The first-order valence-corrected chi connectivity index (χ1v) is 7.80. The standard InChI is InChI=1S/C17H22N4O.ClH/c1-18-15-4-2-10-20(13-15)17(22)12-14-5-7-16(8-6-14)21-11-3-9-19-21;/h3,5-9,11,15,18H,2,4,10,12-13H2,1H3;1H. The predicted octanol–water partition coefficient (Wildman–Crippen LogP) is 2.05. The van der Waals surface area contributed by atoms with Crippen molar-refractivity contribution >= 4 is 18.3 Å². The zero-order valence-electron chi connectivity index (χ0n) is 13.3. The van der Waals surface area contributed by atoms with Crippen LogP contribution in [0.2, 0.25) is 0 Å². The molecule has 0 radical (unpaired) electrons. The third-order valence-electron chi connectivity index (χ3n) is 4.24. The van der Waals surface area contributed by atoms with Gasteiger partial charge in [-0.1, -0.05) is 12.1 Å². The van der Waals surface area contributed by atoms with Crippen LogP contribution in [0.15, 0.2) is 42.7 Å². The number of carbonyl (C=O) groups excluding carboxylic acids is 1. The number of nitrogens with zero attached hydrogens (tertiary/aromatic N) is 3. The molecular weight excluding hydrogens is 312 g/mol. The molecule has 1 unspecified atom stereocenters. The Labute approximate surface area is 143 Å². The number of rotatable bonds is 4. The molecule has 0 aliphatic carbocycles. The molecule has 23 heavy (non-hydrogen) atoms. The van der Waals surface area contributed by atoms with Crippen LogP contribution in [0.25, 0.3) is 5.69 Å². The van der Waals surface area contributed by atoms with E-state index >= 15 is 0 Å². The van der Waals surface area contributed by atoms with Crippen LogP contribution in [0.1, 0.15) is 18.4 Å². The van der Waals surface area contributed by atoms with Crippen LogP contribution in [0.5, 0.6) is 0 Å². The third-order valence-corrected chi connectivity index (χ3v) is 4.24. The highest BCUT2D eigenvalue weighted by atomic mass is 35.5. The Bertz CT molecular complexity index is 612. The molecule has 1 aliphatic rings. The monoisotopic (exact) mass is 334 g/mol. The Balaban J connectivity index is 0.00000192. The minimum atomic E-state index is 0. The zero-order valence-corrected chi connectivity index (χ0v) is 14.1. The fraction of sp³-hybridized carbons (Fsp3) is 0.412. The summed E-state index contributed by atoms with van der Waals surface area (Å²) in [4.78, 5) is 14.4. The van der Waals surface area contributed by atoms with Crippen LogP contribution < -0.4 is 5.32 Å². The number of hydrogen-bond donors (Lipinski definition) is 1. The fourth-order valence-electron chi connectivity index (χ4n) is 2.91. The zero-order chi connectivity index (χ0) is 15.4. The van der Waals surface area contributed by atoms with E-state index in [4.69, 9.17) is 0 Å². The van der Waals surface area contributed by atoms with E-state index in [-0.39, 0.29) is 18.3 Å². The van der Waals surface area contributed by atoms with Crippen LogP contribution in [-0.2, 0) is 11.2 Å². The van der Waals surface area contributed by atoms with Crippen molar-refractivity contribution in [3.63, 3.8) is 0 Å².